The highest BCUT2D eigenvalue weighted by Crippen LogP contribution is 2.34. The summed E-state index contributed by atoms with van der Waals surface area (Å²) in [4.78, 5) is 2.28. The van der Waals surface area contributed by atoms with Crippen molar-refractivity contribution >= 4 is 40.1 Å². The number of hydrogen-bond donors (Lipinski definition) is 0. The van der Waals surface area contributed by atoms with Crippen LogP contribution in [-0.4, -0.2) is 0 Å². The van der Waals surface area contributed by atoms with Crippen molar-refractivity contribution in [3.8, 4) is 0 Å². The van der Waals surface area contributed by atoms with Gasteiger partial charge in [0.05, 0.1) is 5.39 Å². The Morgan fingerprint density at radius 3 is 1.78 bits per heavy atom. The molecule has 0 aliphatic carbocycles. The minimum absolute atomic E-state index is 1.14. The number of benzene rings is 4. The van der Waals surface area contributed by atoms with Crippen molar-refractivity contribution in [3.05, 3.63) is 133 Å². The molecule has 0 radical (unpaired) electrons. The number of rotatable bonds is 5. The van der Waals surface area contributed by atoms with Crippen LogP contribution in [0, 0.1) is 0 Å². The number of anilines is 3. The maximum Gasteiger partial charge on any atom is 0.212 e. The van der Waals surface area contributed by atoms with E-state index in [4.69, 9.17) is 0 Å². The highest BCUT2D eigenvalue weighted by Gasteiger charge is 2.11. The first-order valence-corrected chi connectivity index (χ1v) is 10.9. The van der Waals surface area contributed by atoms with Crippen molar-refractivity contribution in [1.29, 1.82) is 0 Å². The van der Waals surface area contributed by atoms with Gasteiger partial charge in [0.1, 0.15) is 7.05 Å². The fourth-order valence-corrected chi connectivity index (χ4v) is 4.05. The summed E-state index contributed by atoms with van der Waals surface area (Å²) in [6, 6.07) is 40.4. The van der Waals surface area contributed by atoms with E-state index in [1.807, 2.05) is 12.1 Å². The van der Waals surface area contributed by atoms with E-state index < -0.39 is 0 Å². The minimum atomic E-state index is 1.14. The van der Waals surface area contributed by atoms with Gasteiger partial charge in [-0.15, -0.1) is 0 Å². The molecule has 0 fully saturated rings. The van der Waals surface area contributed by atoms with Crippen molar-refractivity contribution in [2.75, 3.05) is 4.90 Å². The zero-order chi connectivity index (χ0) is 21.8. The van der Waals surface area contributed by atoms with Gasteiger partial charge in [-0.25, -0.2) is 4.57 Å². The Hall–Kier alpha value is -4.17. The molecule has 154 valence electrons. The average Bonchev–Trinajstić information content (AvgIpc) is 2.86. The molecule has 32 heavy (non-hydrogen) atoms. The molecule has 0 aliphatic rings. The second kappa shape index (κ2) is 8.91. The van der Waals surface area contributed by atoms with E-state index >= 15 is 0 Å². The van der Waals surface area contributed by atoms with Crippen LogP contribution in [0.1, 0.15) is 11.1 Å². The maximum absolute atomic E-state index is 2.28. The Morgan fingerprint density at radius 2 is 1.12 bits per heavy atom. The average molecular weight is 414 g/mol. The van der Waals surface area contributed by atoms with E-state index in [2.05, 4.69) is 138 Å². The number of pyridine rings is 1. The molecule has 2 heteroatoms. The smallest absolute Gasteiger partial charge is 0.212 e. The van der Waals surface area contributed by atoms with Gasteiger partial charge < -0.3 is 4.90 Å². The summed E-state index contributed by atoms with van der Waals surface area (Å²) >= 11 is 0. The highest BCUT2D eigenvalue weighted by molar-refractivity contribution is 5.89. The fourth-order valence-electron chi connectivity index (χ4n) is 4.05. The molecule has 0 atom stereocenters. The topological polar surface area (TPSA) is 7.12 Å². The zero-order valence-corrected chi connectivity index (χ0v) is 18.1. The van der Waals surface area contributed by atoms with Crippen LogP contribution in [-0.2, 0) is 7.05 Å². The van der Waals surface area contributed by atoms with Gasteiger partial charge in [-0.1, -0.05) is 72.8 Å². The molecule has 0 N–H and O–H groups in total. The van der Waals surface area contributed by atoms with Crippen LogP contribution >= 0.6 is 0 Å². The number of nitrogens with zero attached hydrogens (tertiary/aromatic N) is 2. The van der Waals surface area contributed by atoms with Crippen molar-refractivity contribution < 1.29 is 4.57 Å². The summed E-state index contributed by atoms with van der Waals surface area (Å²) in [5.74, 6) is 0. The minimum Gasteiger partial charge on any atom is -0.311 e. The van der Waals surface area contributed by atoms with Crippen LogP contribution in [0.2, 0.25) is 0 Å². The number of fused-ring (bicyclic) bond motifs is 1. The molecular formula is C30H25N2+. The third kappa shape index (κ3) is 4.03. The molecule has 0 unspecified atom stereocenters. The Morgan fingerprint density at radius 1 is 0.562 bits per heavy atom. The summed E-state index contributed by atoms with van der Waals surface area (Å²) in [7, 11) is 2.08. The van der Waals surface area contributed by atoms with Gasteiger partial charge in [0, 0.05) is 29.2 Å². The number of hydrogen-bond acceptors (Lipinski definition) is 1. The quantitative estimate of drug-likeness (QED) is 0.274. The van der Waals surface area contributed by atoms with Crippen molar-refractivity contribution in [2.24, 2.45) is 7.05 Å². The van der Waals surface area contributed by atoms with Crippen LogP contribution in [0.5, 0.6) is 0 Å². The van der Waals surface area contributed by atoms with Gasteiger partial charge in [-0.2, -0.15) is 0 Å². The van der Waals surface area contributed by atoms with Gasteiger partial charge in [0.15, 0.2) is 6.20 Å². The Labute approximate surface area is 189 Å². The largest absolute Gasteiger partial charge is 0.311 e. The van der Waals surface area contributed by atoms with Gasteiger partial charge in [-0.3, -0.25) is 0 Å². The summed E-state index contributed by atoms with van der Waals surface area (Å²) < 4.78 is 2.16. The number of para-hydroxylation sites is 3. The van der Waals surface area contributed by atoms with E-state index in [0.29, 0.717) is 0 Å². The van der Waals surface area contributed by atoms with Crippen molar-refractivity contribution in [3.63, 3.8) is 0 Å². The first-order chi connectivity index (χ1) is 15.8. The molecular weight excluding hydrogens is 388 g/mol. The van der Waals surface area contributed by atoms with Crippen molar-refractivity contribution in [1.82, 2.24) is 0 Å². The molecule has 4 aromatic carbocycles. The fraction of sp³-hybridized carbons (Fsp3) is 0.0333. The predicted molar refractivity (Wildman–Crippen MR) is 135 cm³/mol. The van der Waals surface area contributed by atoms with Crippen molar-refractivity contribution in [2.45, 2.75) is 0 Å². The molecule has 5 aromatic rings. The number of aryl methyl sites for hydroxylation is 1. The van der Waals surface area contributed by atoms with Gasteiger partial charge in [0.2, 0.25) is 5.52 Å². The molecule has 0 aliphatic heterocycles. The third-order valence-electron chi connectivity index (χ3n) is 5.71. The highest BCUT2D eigenvalue weighted by atomic mass is 15.1. The number of aromatic nitrogens is 1. The van der Waals surface area contributed by atoms with Crippen LogP contribution < -0.4 is 9.47 Å². The first kappa shape index (κ1) is 19.8. The Bertz CT molecular complexity index is 1320. The zero-order valence-electron chi connectivity index (χ0n) is 18.1. The molecule has 0 spiro atoms. The van der Waals surface area contributed by atoms with E-state index in [0.717, 1.165) is 17.1 Å². The lowest BCUT2D eigenvalue weighted by molar-refractivity contribution is -0.644. The van der Waals surface area contributed by atoms with Gasteiger partial charge in [-0.05, 0) is 53.6 Å². The molecule has 1 aromatic heterocycles. The summed E-state index contributed by atoms with van der Waals surface area (Å²) in [5.41, 5.74) is 7.05. The van der Waals surface area contributed by atoms with Gasteiger partial charge in [0.25, 0.3) is 0 Å². The van der Waals surface area contributed by atoms with Gasteiger partial charge >= 0.3 is 0 Å². The SMILES string of the molecule is C[n+]1ccc(/C=C/c2ccc(N(c3ccccc3)c3ccccc3)cc2)c2ccccc21. The molecule has 0 amide bonds. The predicted octanol–water partition coefficient (Wildman–Crippen LogP) is 7.30. The molecule has 1 heterocycles. The van der Waals surface area contributed by atoms with Crippen LogP contribution in [0.25, 0.3) is 23.1 Å². The summed E-state index contributed by atoms with van der Waals surface area (Å²) in [6.07, 6.45) is 6.49. The maximum atomic E-state index is 2.28. The normalized spacial score (nSPS) is 11.2. The lowest BCUT2D eigenvalue weighted by Crippen LogP contribution is -2.28. The van der Waals surface area contributed by atoms with E-state index in [1.54, 1.807) is 0 Å². The summed E-state index contributed by atoms with van der Waals surface area (Å²) in [5, 5.41) is 1.25. The van der Waals surface area contributed by atoms with E-state index in [1.165, 1.54) is 22.0 Å². The first-order valence-electron chi connectivity index (χ1n) is 10.9. The second-order valence-electron chi connectivity index (χ2n) is 7.83. The monoisotopic (exact) mass is 413 g/mol. The van der Waals surface area contributed by atoms with E-state index in [9.17, 15) is 0 Å². The van der Waals surface area contributed by atoms with Crippen LogP contribution in [0.15, 0.2) is 121 Å². The lowest BCUT2D eigenvalue weighted by Gasteiger charge is -2.25. The standard InChI is InChI=1S/C30H25N2/c1-31-23-22-25(29-14-8-9-15-30(29)31)19-16-24-17-20-28(21-18-24)32(26-10-4-2-5-11-26)27-12-6-3-7-13-27/h2-23H,1H3/q+1. The molecule has 0 saturated carbocycles. The Kier molecular flexibility index (Phi) is 5.50. The third-order valence-corrected chi connectivity index (χ3v) is 5.71. The molecule has 0 bridgehead atoms. The molecule has 2 nitrogen and oxygen atoms in total. The van der Waals surface area contributed by atoms with E-state index in [-0.39, 0.29) is 0 Å². The second-order valence-corrected chi connectivity index (χ2v) is 7.83. The summed E-state index contributed by atoms with van der Waals surface area (Å²) in [6.45, 7) is 0. The van der Waals surface area contributed by atoms with Crippen LogP contribution in [0.4, 0.5) is 17.1 Å². The molecule has 0 saturated heterocycles. The lowest BCUT2D eigenvalue weighted by atomic mass is 10.1. The molecule has 5 rings (SSSR count). The van der Waals surface area contributed by atoms with Crippen LogP contribution in [0.3, 0.4) is 0 Å². The Balaban J connectivity index is 1.47.